The molecule has 1 aromatic carbocycles. The van der Waals surface area contributed by atoms with Crippen molar-refractivity contribution in [3.05, 3.63) is 23.8 Å². The van der Waals surface area contributed by atoms with Crippen molar-refractivity contribution in [3.63, 3.8) is 0 Å². The zero-order valence-electron chi connectivity index (χ0n) is 9.74. The standard InChI is InChI=1S/C12H15NO5/c14-5-1-2-9(13-16)12(15)8-3-4-10-11(6-8)18-7-17-10/h3-4,6,12,14-16H,1-2,5,7H2/b13-9+. The van der Waals surface area contributed by atoms with Gasteiger partial charge in [0.25, 0.3) is 0 Å². The van der Waals surface area contributed by atoms with Crippen molar-refractivity contribution in [2.75, 3.05) is 13.4 Å². The Bertz CT molecular complexity index is 446. The molecule has 2 rings (SSSR count). The Hall–Kier alpha value is -1.79. The SMILES string of the molecule is OCCC/C(=N\O)C(O)c1ccc2c(c1)OCO2. The highest BCUT2D eigenvalue weighted by Crippen LogP contribution is 2.34. The molecule has 1 heterocycles. The van der Waals surface area contributed by atoms with Crippen molar-refractivity contribution >= 4 is 5.71 Å². The van der Waals surface area contributed by atoms with Gasteiger partial charge in [0.05, 0.1) is 5.71 Å². The molecule has 6 nitrogen and oxygen atoms in total. The number of oxime groups is 1. The van der Waals surface area contributed by atoms with E-state index in [2.05, 4.69) is 5.16 Å². The zero-order chi connectivity index (χ0) is 13.0. The molecule has 0 saturated carbocycles. The molecule has 1 unspecified atom stereocenters. The number of benzene rings is 1. The molecule has 0 radical (unpaired) electrons. The molecule has 98 valence electrons. The number of hydrogen-bond donors (Lipinski definition) is 3. The molecule has 1 aromatic rings. The summed E-state index contributed by atoms with van der Waals surface area (Å²) in [5, 5.41) is 30.8. The summed E-state index contributed by atoms with van der Waals surface area (Å²) in [5.74, 6) is 1.19. The molecule has 6 heteroatoms. The summed E-state index contributed by atoms with van der Waals surface area (Å²) in [6.07, 6.45) is -0.264. The maximum absolute atomic E-state index is 10.1. The quantitative estimate of drug-likeness (QED) is 0.414. The van der Waals surface area contributed by atoms with Crippen LogP contribution in [-0.4, -0.2) is 34.5 Å². The lowest BCUT2D eigenvalue weighted by atomic mass is 10.0. The Morgan fingerprint density at radius 3 is 2.83 bits per heavy atom. The van der Waals surface area contributed by atoms with E-state index in [-0.39, 0.29) is 19.1 Å². The van der Waals surface area contributed by atoms with Crippen molar-refractivity contribution in [2.45, 2.75) is 18.9 Å². The van der Waals surface area contributed by atoms with Gasteiger partial charge < -0.3 is 24.9 Å². The van der Waals surface area contributed by atoms with Crippen LogP contribution < -0.4 is 9.47 Å². The van der Waals surface area contributed by atoms with E-state index in [4.69, 9.17) is 19.8 Å². The normalized spacial score (nSPS) is 15.8. The molecule has 1 aliphatic heterocycles. The zero-order valence-corrected chi connectivity index (χ0v) is 9.74. The summed E-state index contributed by atoms with van der Waals surface area (Å²) in [6, 6.07) is 5.03. The Kier molecular flexibility index (Phi) is 4.01. The van der Waals surface area contributed by atoms with Crippen LogP contribution in [0.15, 0.2) is 23.4 Å². The predicted octanol–water partition coefficient (Wildman–Crippen LogP) is 1.05. The topological polar surface area (TPSA) is 91.5 Å². The molecular weight excluding hydrogens is 238 g/mol. The first kappa shape index (κ1) is 12.7. The third-order valence-corrected chi connectivity index (χ3v) is 2.75. The minimum Gasteiger partial charge on any atom is -0.454 e. The molecule has 0 aromatic heterocycles. The molecule has 3 N–H and O–H groups in total. The van der Waals surface area contributed by atoms with Crippen molar-refractivity contribution in [2.24, 2.45) is 5.16 Å². The van der Waals surface area contributed by atoms with Crippen LogP contribution in [0.5, 0.6) is 11.5 Å². The van der Waals surface area contributed by atoms with Crippen LogP contribution in [0.25, 0.3) is 0 Å². The highest BCUT2D eigenvalue weighted by atomic mass is 16.7. The second-order valence-electron chi connectivity index (χ2n) is 3.93. The van der Waals surface area contributed by atoms with Crippen LogP contribution in [0.1, 0.15) is 24.5 Å². The lowest BCUT2D eigenvalue weighted by Crippen LogP contribution is -2.13. The fourth-order valence-electron chi connectivity index (χ4n) is 1.78. The van der Waals surface area contributed by atoms with Gasteiger partial charge in [-0.2, -0.15) is 0 Å². The van der Waals surface area contributed by atoms with Crippen LogP contribution >= 0.6 is 0 Å². The van der Waals surface area contributed by atoms with E-state index in [0.29, 0.717) is 29.9 Å². The summed E-state index contributed by atoms with van der Waals surface area (Å²) in [4.78, 5) is 0. The van der Waals surface area contributed by atoms with Gasteiger partial charge in [-0.1, -0.05) is 11.2 Å². The number of aliphatic hydroxyl groups excluding tert-OH is 2. The van der Waals surface area contributed by atoms with Crippen molar-refractivity contribution < 1.29 is 24.9 Å². The maximum atomic E-state index is 10.1. The second-order valence-corrected chi connectivity index (χ2v) is 3.93. The highest BCUT2D eigenvalue weighted by Gasteiger charge is 2.20. The molecule has 0 aliphatic carbocycles. The van der Waals surface area contributed by atoms with E-state index < -0.39 is 6.10 Å². The lowest BCUT2D eigenvalue weighted by Gasteiger charge is -2.12. The van der Waals surface area contributed by atoms with Gasteiger partial charge in [-0.15, -0.1) is 0 Å². The molecule has 0 saturated heterocycles. The average Bonchev–Trinajstić information content (AvgIpc) is 2.86. The van der Waals surface area contributed by atoms with E-state index in [1.165, 1.54) is 0 Å². The summed E-state index contributed by atoms with van der Waals surface area (Å²) < 4.78 is 10.4. The van der Waals surface area contributed by atoms with Crippen LogP contribution in [0.4, 0.5) is 0 Å². The largest absolute Gasteiger partial charge is 0.454 e. The van der Waals surface area contributed by atoms with Crippen molar-refractivity contribution in [3.8, 4) is 11.5 Å². The maximum Gasteiger partial charge on any atom is 0.231 e. The molecular formula is C12H15NO5. The van der Waals surface area contributed by atoms with Crippen LogP contribution in [0.3, 0.4) is 0 Å². The predicted molar refractivity (Wildman–Crippen MR) is 63.1 cm³/mol. The van der Waals surface area contributed by atoms with E-state index in [9.17, 15) is 5.11 Å². The van der Waals surface area contributed by atoms with Gasteiger partial charge in [0.1, 0.15) is 6.10 Å². The average molecular weight is 253 g/mol. The summed E-state index contributed by atoms with van der Waals surface area (Å²) >= 11 is 0. The molecule has 1 atom stereocenters. The Morgan fingerprint density at radius 1 is 1.33 bits per heavy atom. The van der Waals surface area contributed by atoms with Gasteiger partial charge >= 0.3 is 0 Å². The van der Waals surface area contributed by atoms with Gasteiger partial charge in [-0.05, 0) is 30.5 Å². The van der Waals surface area contributed by atoms with Crippen LogP contribution in [0, 0.1) is 0 Å². The molecule has 18 heavy (non-hydrogen) atoms. The first-order chi connectivity index (χ1) is 8.76. The molecule has 0 bridgehead atoms. The molecule has 0 fully saturated rings. The fourth-order valence-corrected chi connectivity index (χ4v) is 1.78. The Labute approximate surface area is 104 Å². The number of rotatable bonds is 5. The monoisotopic (exact) mass is 253 g/mol. The van der Waals surface area contributed by atoms with Crippen LogP contribution in [-0.2, 0) is 0 Å². The van der Waals surface area contributed by atoms with Gasteiger partial charge in [-0.3, -0.25) is 0 Å². The van der Waals surface area contributed by atoms with Gasteiger partial charge in [0, 0.05) is 6.61 Å². The Balaban J connectivity index is 2.15. The van der Waals surface area contributed by atoms with E-state index >= 15 is 0 Å². The number of nitrogens with zero attached hydrogens (tertiary/aromatic N) is 1. The van der Waals surface area contributed by atoms with Gasteiger partial charge in [-0.25, -0.2) is 0 Å². The molecule has 0 spiro atoms. The van der Waals surface area contributed by atoms with Gasteiger partial charge in [0.2, 0.25) is 6.79 Å². The smallest absolute Gasteiger partial charge is 0.231 e. The number of hydrogen-bond acceptors (Lipinski definition) is 6. The lowest BCUT2D eigenvalue weighted by molar-refractivity contribution is 0.173. The number of aliphatic hydroxyl groups is 2. The first-order valence-electron chi connectivity index (χ1n) is 5.65. The third-order valence-electron chi connectivity index (χ3n) is 2.75. The second kappa shape index (κ2) is 5.70. The summed E-state index contributed by atoms with van der Waals surface area (Å²) in [7, 11) is 0. The minimum atomic E-state index is -1.02. The highest BCUT2D eigenvalue weighted by molar-refractivity contribution is 5.89. The van der Waals surface area contributed by atoms with Crippen LogP contribution in [0.2, 0.25) is 0 Å². The summed E-state index contributed by atoms with van der Waals surface area (Å²) in [5.41, 5.74) is 0.771. The van der Waals surface area contributed by atoms with Crippen molar-refractivity contribution in [1.29, 1.82) is 0 Å². The number of ether oxygens (including phenoxy) is 2. The number of fused-ring (bicyclic) bond motifs is 1. The Morgan fingerprint density at radius 2 is 2.11 bits per heavy atom. The van der Waals surface area contributed by atoms with E-state index in [1.807, 2.05) is 0 Å². The minimum absolute atomic E-state index is 0.0210. The summed E-state index contributed by atoms with van der Waals surface area (Å²) in [6.45, 7) is 0.146. The first-order valence-corrected chi connectivity index (χ1v) is 5.65. The van der Waals surface area contributed by atoms with Gasteiger partial charge in [0.15, 0.2) is 11.5 Å². The third kappa shape index (κ3) is 2.55. The van der Waals surface area contributed by atoms with Crippen molar-refractivity contribution in [1.82, 2.24) is 0 Å². The molecule has 0 amide bonds. The fraction of sp³-hybridized carbons (Fsp3) is 0.417. The molecule has 1 aliphatic rings. The van der Waals surface area contributed by atoms with E-state index in [0.717, 1.165) is 0 Å². The van der Waals surface area contributed by atoms with E-state index in [1.54, 1.807) is 18.2 Å².